The first-order valence-electron chi connectivity index (χ1n) is 5.33. The lowest BCUT2D eigenvalue weighted by atomic mass is 10.1. The van der Waals surface area contributed by atoms with Gasteiger partial charge in [0.1, 0.15) is 24.1 Å². The van der Waals surface area contributed by atoms with Gasteiger partial charge in [0.05, 0.1) is 17.6 Å². The minimum absolute atomic E-state index is 0.142. The molecule has 0 spiro atoms. The van der Waals surface area contributed by atoms with Crippen LogP contribution < -0.4 is 0 Å². The molecule has 1 heterocycles. The Morgan fingerprint density at radius 3 is 2.67 bits per heavy atom. The zero-order valence-corrected chi connectivity index (χ0v) is 10.9. The van der Waals surface area contributed by atoms with E-state index in [1.54, 1.807) is 12.1 Å². The lowest BCUT2D eigenvalue weighted by Crippen LogP contribution is -2.35. The molecule has 0 fully saturated rings. The quantitative estimate of drug-likeness (QED) is 0.548. The molecule has 6 nitrogen and oxygen atoms in total. The molecule has 18 heavy (non-hydrogen) atoms. The van der Waals surface area contributed by atoms with Gasteiger partial charge >= 0.3 is 0 Å². The maximum atomic E-state index is 9.83. The van der Waals surface area contributed by atoms with Crippen LogP contribution in [0, 0.1) is 0 Å². The summed E-state index contributed by atoms with van der Waals surface area (Å²) in [4.78, 5) is 6.97. The minimum Gasteiger partial charge on any atom is -0.394 e. The molecule has 3 atom stereocenters. The largest absolute Gasteiger partial charge is 0.394 e. The summed E-state index contributed by atoms with van der Waals surface area (Å²) in [5.74, 6) is 0.142. The molecule has 0 amide bonds. The van der Waals surface area contributed by atoms with E-state index in [2.05, 4.69) is 25.9 Å². The van der Waals surface area contributed by atoms with Crippen molar-refractivity contribution in [1.82, 2.24) is 9.97 Å². The number of nitrogens with zero attached hydrogens (tertiary/aromatic N) is 1. The number of aliphatic hydroxyl groups is 4. The molecule has 0 aliphatic rings. The van der Waals surface area contributed by atoms with Crippen molar-refractivity contribution < 1.29 is 20.4 Å². The molecule has 1 aromatic carbocycles. The van der Waals surface area contributed by atoms with E-state index < -0.39 is 24.9 Å². The Morgan fingerprint density at radius 2 is 2.00 bits per heavy atom. The monoisotopic (exact) mass is 316 g/mol. The fraction of sp³-hybridized carbons (Fsp3) is 0.364. The van der Waals surface area contributed by atoms with Gasteiger partial charge in [0.25, 0.3) is 0 Å². The van der Waals surface area contributed by atoms with E-state index in [1.807, 2.05) is 6.07 Å². The van der Waals surface area contributed by atoms with E-state index in [9.17, 15) is 15.3 Å². The van der Waals surface area contributed by atoms with Gasteiger partial charge in [-0.15, -0.1) is 0 Å². The molecule has 0 saturated heterocycles. The third-order valence-electron chi connectivity index (χ3n) is 2.65. The molecule has 2 rings (SSSR count). The van der Waals surface area contributed by atoms with Gasteiger partial charge in [-0.25, -0.2) is 4.98 Å². The number of rotatable bonds is 4. The van der Waals surface area contributed by atoms with Crippen LogP contribution in [0.1, 0.15) is 11.9 Å². The van der Waals surface area contributed by atoms with Crippen molar-refractivity contribution in [2.24, 2.45) is 0 Å². The summed E-state index contributed by atoms with van der Waals surface area (Å²) in [6, 6.07) is 5.35. The predicted molar refractivity (Wildman–Crippen MR) is 67.9 cm³/mol. The molecule has 2 unspecified atom stereocenters. The average molecular weight is 317 g/mol. The Morgan fingerprint density at radius 1 is 1.28 bits per heavy atom. The smallest absolute Gasteiger partial charge is 0.140 e. The van der Waals surface area contributed by atoms with Gasteiger partial charge in [0.2, 0.25) is 0 Å². The molecule has 1 aromatic heterocycles. The van der Waals surface area contributed by atoms with E-state index in [0.29, 0.717) is 11.0 Å². The topological polar surface area (TPSA) is 110 Å². The van der Waals surface area contributed by atoms with E-state index in [4.69, 9.17) is 5.11 Å². The van der Waals surface area contributed by atoms with Gasteiger partial charge in [-0.05, 0) is 18.2 Å². The SMILES string of the molecule is OCC(O)C(O)[C@H](O)c1nc2cc(Br)ccc2[nH]1. The first kappa shape index (κ1) is 13.4. The van der Waals surface area contributed by atoms with Crippen LogP contribution in [0.4, 0.5) is 0 Å². The number of hydrogen-bond acceptors (Lipinski definition) is 5. The Balaban J connectivity index is 2.30. The van der Waals surface area contributed by atoms with Crippen LogP contribution in [0.5, 0.6) is 0 Å². The standard InChI is InChI=1S/C11H13BrN2O4/c12-5-1-2-6-7(3-5)14-11(13-6)10(18)9(17)8(16)4-15/h1-3,8-10,15-18H,4H2,(H,13,14)/t8?,9?,10-/m0/s1. The maximum Gasteiger partial charge on any atom is 0.140 e. The molecular weight excluding hydrogens is 304 g/mol. The van der Waals surface area contributed by atoms with Crippen LogP contribution in [0.3, 0.4) is 0 Å². The van der Waals surface area contributed by atoms with Crippen molar-refractivity contribution in [1.29, 1.82) is 0 Å². The average Bonchev–Trinajstić information content (AvgIpc) is 2.78. The number of aliphatic hydroxyl groups excluding tert-OH is 4. The molecule has 0 aliphatic heterocycles. The fourth-order valence-corrected chi connectivity index (χ4v) is 1.97. The van der Waals surface area contributed by atoms with Crippen LogP contribution in [-0.2, 0) is 0 Å². The summed E-state index contributed by atoms with van der Waals surface area (Å²) >= 11 is 3.30. The second-order valence-corrected chi connectivity index (χ2v) is 4.88. The summed E-state index contributed by atoms with van der Waals surface area (Å²) < 4.78 is 0.846. The van der Waals surface area contributed by atoms with Crippen molar-refractivity contribution in [2.75, 3.05) is 6.61 Å². The van der Waals surface area contributed by atoms with Gasteiger partial charge in [0, 0.05) is 4.47 Å². The van der Waals surface area contributed by atoms with Crippen molar-refractivity contribution >= 4 is 27.0 Å². The van der Waals surface area contributed by atoms with Crippen LogP contribution in [0.25, 0.3) is 11.0 Å². The summed E-state index contributed by atoms with van der Waals surface area (Å²) in [6.07, 6.45) is -4.31. The van der Waals surface area contributed by atoms with Crippen LogP contribution in [-0.4, -0.2) is 49.2 Å². The molecule has 98 valence electrons. The summed E-state index contributed by atoms with van der Waals surface area (Å²) in [5, 5.41) is 37.4. The normalized spacial score (nSPS) is 16.7. The van der Waals surface area contributed by atoms with E-state index in [0.717, 1.165) is 4.47 Å². The second-order valence-electron chi connectivity index (χ2n) is 3.97. The number of hydrogen-bond donors (Lipinski definition) is 5. The maximum absolute atomic E-state index is 9.83. The molecule has 0 bridgehead atoms. The van der Waals surface area contributed by atoms with Crippen molar-refractivity contribution in [3.05, 3.63) is 28.5 Å². The zero-order valence-electron chi connectivity index (χ0n) is 9.29. The van der Waals surface area contributed by atoms with Crippen molar-refractivity contribution in [3.8, 4) is 0 Å². The first-order chi connectivity index (χ1) is 8.52. The molecule has 0 radical (unpaired) electrons. The van der Waals surface area contributed by atoms with E-state index >= 15 is 0 Å². The minimum atomic E-state index is -1.50. The van der Waals surface area contributed by atoms with Crippen LogP contribution in [0.15, 0.2) is 22.7 Å². The number of nitrogens with one attached hydrogen (secondary N) is 1. The number of aromatic nitrogens is 2. The van der Waals surface area contributed by atoms with Gasteiger partial charge in [-0.2, -0.15) is 0 Å². The Labute approximate surface area is 111 Å². The predicted octanol–water partition coefficient (Wildman–Crippen LogP) is 0.0729. The lowest BCUT2D eigenvalue weighted by Gasteiger charge is -2.19. The Bertz CT molecular complexity index is 545. The molecule has 7 heteroatoms. The summed E-state index contributed by atoms with van der Waals surface area (Å²) in [7, 11) is 0. The Kier molecular flexibility index (Phi) is 3.98. The highest BCUT2D eigenvalue weighted by atomic mass is 79.9. The fourth-order valence-electron chi connectivity index (χ4n) is 1.62. The molecular formula is C11H13BrN2O4. The molecule has 2 aromatic rings. The lowest BCUT2D eigenvalue weighted by molar-refractivity contribution is -0.0800. The highest BCUT2D eigenvalue weighted by molar-refractivity contribution is 9.10. The number of imidazole rings is 1. The van der Waals surface area contributed by atoms with Crippen molar-refractivity contribution in [3.63, 3.8) is 0 Å². The van der Waals surface area contributed by atoms with Crippen molar-refractivity contribution in [2.45, 2.75) is 18.3 Å². The van der Waals surface area contributed by atoms with Gasteiger partial charge < -0.3 is 25.4 Å². The van der Waals surface area contributed by atoms with Crippen LogP contribution in [0.2, 0.25) is 0 Å². The number of benzene rings is 1. The molecule has 0 saturated carbocycles. The third-order valence-corrected chi connectivity index (χ3v) is 3.14. The van der Waals surface area contributed by atoms with Crippen LogP contribution >= 0.6 is 15.9 Å². The molecule has 5 N–H and O–H groups in total. The van der Waals surface area contributed by atoms with Gasteiger partial charge in [-0.3, -0.25) is 0 Å². The number of fused-ring (bicyclic) bond motifs is 1. The third kappa shape index (κ3) is 2.55. The highest BCUT2D eigenvalue weighted by Gasteiger charge is 2.27. The summed E-state index contributed by atoms with van der Waals surface area (Å²) in [5.41, 5.74) is 1.34. The highest BCUT2D eigenvalue weighted by Crippen LogP contribution is 2.22. The first-order valence-corrected chi connectivity index (χ1v) is 6.12. The summed E-state index contributed by atoms with van der Waals surface area (Å²) in [6.45, 7) is -0.635. The number of aromatic amines is 1. The van der Waals surface area contributed by atoms with E-state index in [-0.39, 0.29) is 5.82 Å². The number of halogens is 1. The zero-order chi connectivity index (χ0) is 13.3. The molecule has 0 aliphatic carbocycles. The van der Waals surface area contributed by atoms with Gasteiger partial charge in [-0.1, -0.05) is 15.9 Å². The van der Waals surface area contributed by atoms with E-state index in [1.165, 1.54) is 0 Å². The second kappa shape index (κ2) is 5.33. The van der Waals surface area contributed by atoms with Gasteiger partial charge in [0.15, 0.2) is 0 Å². The Hall–Kier alpha value is -0.990. The number of H-pyrrole nitrogens is 1.